The highest BCUT2D eigenvalue weighted by molar-refractivity contribution is 8.18. The van der Waals surface area contributed by atoms with Crippen molar-refractivity contribution in [1.29, 1.82) is 0 Å². The number of carboxylic acids is 1. The number of amidine groups is 1. The van der Waals surface area contributed by atoms with Crippen LogP contribution in [0.25, 0.3) is 6.08 Å². The van der Waals surface area contributed by atoms with Gasteiger partial charge in [0.1, 0.15) is 0 Å². The fourth-order valence-corrected chi connectivity index (χ4v) is 3.87. The molecule has 1 N–H and O–H groups in total. The van der Waals surface area contributed by atoms with Gasteiger partial charge in [-0.3, -0.25) is 9.69 Å². The number of thioether (sulfide) groups is 1. The largest absolute Gasteiger partial charge is 0.493 e. The van der Waals surface area contributed by atoms with Crippen LogP contribution in [0.15, 0.2) is 58.4 Å². The van der Waals surface area contributed by atoms with Crippen molar-refractivity contribution in [1.82, 2.24) is 4.90 Å². The van der Waals surface area contributed by atoms with Gasteiger partial charge in [-0.15, -0.1) is 0 Å². The number of aliphatic imine (C=N–C) groups is 1. The van der Waals surface area contributed by atoms with Gasteiger partial charge in [-0.1, -0.05) is 24.3 Å². The molecule has 1 heterocycles. The van der Waals surface area contributed by atoms with E-state index in [1.807, 2.05) is 30.3 Å². The summed E-state index contributed by atoms with van der Waals surface area (Å²) in [7, 11) is 3.05. The number of carboxylic acid groups (broad SMARTS) is 1. The van der Waals surface area contributed by atoms with Crippen molar-refractivity contribution in [2.75, 3.05) is 27.4 Å². The van der Waals surface area contributed by atoms with Gasteiger partial charge in [0.2, 0.25) is 0 Å². The van der Waals surface area contributed by atoms with Crippen molar-refractivity contribution in [3.63, 3.8) is 0 Å². The third kappa shape index (κ3) is 5.68. The third-order valence-corrected chi connectivity index (χ3v) is 5.53. The molecular formula is C23H24N2O6S. The van der Waals surface area contributed by atoms with Crippen LogP contribution in [0.5, 0.6) is 11.5 Å². The van der Waals surface area contributed by atoms with Crippen LogP contribution < -0.4 is 9.47 Å². The van der Waals surface area contributed by atoms with Crippen molar-refractivity contribution < 1.29 is 28.9 Å². The molecule has 1 atom stereocenters. The molecule has 0 aromatic heterocycles. The number of methoxy groups -OCH3 is 2. The molecule has 0 bridgehead atoms. The van der Waals surface area contributed by atoms with Crippen LogP contribution in [-0.2, 0) is 14.3 Å². The second kappa shape index (κ2) is 10.8. The minimum absolute atomic E-state index is 0.166. The number of aliphatic carboxylic acids is 1. The Balaban J connectivity index is 1.89. The van der Waals surface area contributed by atoms with E-state index in [1.54, 1.807) is 36.3 Å². The highest BCUT2D eigenvalue weighted by Crippen LogP contribution is 2.36. The van der Waals surface area contributed by atoms with Gasteiger partial charge in [0, 0.05) is 7.11 Å². The quantitative estimate of drug-likeness (QED) is 0.573. The molecule has 2 aromatic carbocycles. The number of amides is 1. The van der Waals surface area contributed by atoms with E-state index in [1.165, 1.54) is 25.8 Å². The summed E-state index contributed by atoms with van der Waals surface area (Å²) in [6, 6.07) is 14.5. The van der Waals surface area contributed by atoms with E-state index in [2.05, 4.69) is 4.99 Å². The van der Waals surface area contributed by atoms with E-state index in [0.29, 0.717) is 40.3 Å². The normalized spacial score (nSPS) is 17.1. The highest BCUT2D eigenvalue weighted by atomic mass is 32.2. The fourth-order valence-electron chi connectivity index (χ4n) is 2.85. The Kier molecular flexibility index (Phi) is 7.91. The van der Waals surface area contributed by atoms with Crippen LogP contribution in [0.3, 0.4) is 0 Å². The Morgan fingerprint density at radius 2 is 1.94 bits per heavy atom. The molecule has 3 rings (SSSR count). The smallest absolute Gasteiger partial charge is 0.344 e. The summed E-state index contributed by atoms with van der Waals surface area (Å²) in [5.74, 6) is -0.562. The summed E-state index contributed by atoms with van der Waals surface area (Å²) in [4.78, 5) is 30.8. The topological polar surface area (TPSA) is 97.7 Å². The van der Waals surface area contributed by atoms with Crippen molar-refractivity contribution in [3.8, 4) is 11.5 Å². The highest BCUT2D eigenvalue weighted by Gasteiger charge is 2.33. The summed E-state index contributed by atoms with van der Waals surface area (Å²) in [6.45, 7) is 2.21. The molecule has 0 saturated carbocycles. The number of ether oxygens (including phenoxy) is 3. The zero-order chi connectivity index (χ0) is 23.1. The Bertz CT molecular complexity index is 1040. The number of benzene rings is 2. The van der Waals surface area contributed by atoms with E-state index in [4.69, 9.17) is 19.3 Å². The van der Waals surface area contributed by atoms with Gasteiger partial charge in [0.05, 0.1) is 30.9 Å². The molecule has 32 heavy (non-hydrogen) atoms. The van der Waals surface area contributed by atoms with E-state index >= 15 is 0 Å². The third-order valence-electron chi connectivity index (χ3n) is 4.52. The molecule has 1 saturated heterocycles. The molecule has 0 unspecified atom stereocenters. The number of hydrogen-bond donors (Lipinski definition) is 1. The lowest BCUT2D eigenvalue weighted by Gasteiger charge is -2.15. The predicted molar refractivity (Wildman–Crippen MR) is 123 cm³/mol. The van der Waals surface area contributed by atoms with Crippen LogP contribution in [0.2, 0.25) is 0 Å². The SMILES string of the molecule is COCCN1C(=O)/C(=C/c2ccc(O[C@H](C)C(=O)O)c(OC)c2)SC1=Nc1ccccc1. The van der Waals surface area contributed by atoms with Crippen molar-refractivity contribution >= 4 is 40.6 Å². The zero-order valence-electron chi connectivity index (χ0n) is 18.0. The van der Waals surface area contributed by atoms with Crippen molar-refractivity contribution in [3.05, 3.63) is 59.0 Å². The molecule has 1 aliphatic rings. The number of para-hydroxylation sites is 1. The number of hydrogen-bond acceptors (Lipinski definition) is 7. The first-order valence-electron chi connectivity index (χ1n) is 9.84. The van der Waals surface area contributed by atoms with Gasteiger partial charge < -0.3 is 19.3 Å². The standard InChI is InChI=1S/C23H24N2O6S/c1-15(22(27)28)31-18-10-9-16(13-19(18)30-3)14-20-21(26)25(11-12-29-2)23(32-20)24-17-7-5-4-6-8-17/h4-10,13-15H,11-12H2,1-3H3,(H,27,28)/b20-14-,24-23?/t15-/m1/s1. The van der Waals surface area contributed by atoms with E-state index in [-0.39, 0.29) is 5.91 Å². The van der Waals surface area contributed by atoms with Gasteiger partial charge >= 0.3 is 5.97 Å². The summed E-state index contributed by atoms with van der Waals surface area (Å²) in [6.07, 6.45) is 0.721. The molecule has 8 nitrogen and oxygen atoms in total. The second-order valence-electron chi connectivity index (χ2n) is 6.80. The molecule has 2 aromatic rings. The van der Waals surface area contributed by atoms with Gasteiger partial charge in [-0.2, -0.15) is 0 Å². The van der Waals surface area contributed by atoms with Crippen LogP contribution in [-0.4, -0.2) is 60.5 Å². The molecular weight excluding hydrogens is 432 g/mol. The van der Waals surface area contributed by atoms with Crippen molar-refractivity contribution in [2.45, 2.75) is 13.0 Å². The number of carbonyl (C=O) groups excluding carboxylic acids is 1. The van der Waals surface area contributed by atoms with Crippen LogP contribution in [0.1, 0.15) is 12.5 Å². The Morgan fingerprint density at radius 3 is 2.59 bits per heavy atom. The van der Waals surface area contributed by atoms with E-state index in [9.17, 15) is 9.59 Å². The minimum Gasteiger partial charge on any atom is -0.493 e. The number of rotatable bonds is 9. The van der Waals surface area contributed by atoms with Crippen LogP contribution in [0.4, 0.5) is 5.69 Å². The van der Waals surface area contributed by atoms with Gasteiger partial charge in [0.15, 0.2) is 22.8 Å². The van der Waals surface area contributed by atoms with Crippen LogP contribution in [0, 0.1) is 0 Å². The first-order valence-corrected chi connectivity index (χ1v) is 10.7. The first kappa shape index (κ1) is 23.4. The second-order valence-corrected chi connectivity index (χ2v) is 7.81. The maximum atomic E-state index is 13.0. The summed E-state index contributed by atoms with van der Waals surface area (Å²) < 4.78 is 15.9. The van der Waals surface area contributed by atoms with E-state index in [0.717, 1.165) is 5.69 Å². The maximum Gasteiger partial charge on any atom is 0.344 e. The lowest BCUT2D eigenvalue weighted by Crippen LogP contribution is -2.32. The Morgan fingerprint density at radius 1 is 1.19 bits per heavy atom. The fraction of sp³-hybridized carbons (Fsp3) is 0.261. The Labute approximate surface area is 190 Å². The summed E-state index contributed by atoms with van der Waals surface area (Å²) in [5, 5.41) is 9.63. The summed E-state index contributed by atoms with van der Waals surface area (Å²) in [5.41, 5.74) is 1.46. The van der Waals surface area contributed by atoms with E-state index < -0.39 is 12.1 Å². The van der Waals surface area contributed by atoms with Crippen LogP contribution >= 0.6 is 11.8 Å². The average molecular weight is 457 g/mol. The van der Waals surface area contributed by atoms with Crippen molar-refractivity contribution in [2.24, 2.45) is 4.99 Å². The maximum absolute atomic E-state index is 13.0. The molecule has 9 heteroatoms. The predicted octanol–water partition coefficient (Wildman–Crippen LogP) is 3.80. The average Bonchev–Trinajstić information content (AvgIpc) is 3.07. The molecule has 0 radical (unpaired) electrons. The summed E-state index contributed by atoms with van der Waals surface area (Å²) >= 11 is 1.28. The van der Waals surface area contributed by atoms with Gasteiger partial charge in [-0.05, 0) is 54.6 Å². The lowest BCUT2D eigenvalue weighted by molar-refractivity contribution is -0.144. The molecule has 1 aliphatic heterocycles. The van der Waals surface area contributed by atoms with Gasteiger partial charge in [-0.25, -0.2) is 9.79 Å². The Hall–Kier alpha value is -3.30. The first-order chi connectivity index (χ1) is 15.4. The monoisotopic (exact) mass is 456 g/mol. The number of nitrogens with zero attached hydrogens (tertiary/aromatic N) is 2. The molecule has 0 spiro atoms. The molecule has 0 aliphatic carbocycles. The number of carbonyl (C=O) groups is 2. The lowest BCUT2D eigenvalue weighted by atomic mass is 10.2. The minimum atomic E-state index is -1.08. The van der Waals surface area contributed by atoms with Gasteiger partial charge in [0.25, 0.3) is 5.91 Å². The molecule has 1 amide bonds. The zero-order valence-corrected chi connectivity index (χ0v) is 18.8. The molecule has 168 valence electrons. The molecule has 1 fully saturated rings.